The molecular formula is C14H14Cl2N4O2. The maximum Gasteiger partial charge on any atom is 0.272 e. The summed E-state index contributed by atoms with van der Waals surface area (Å²) >= 11 is 12.4. The molecule has 8 heteroatoms. The molecule has 116 valence electrons. The third-order valence-electron chi connectivity index (χ3n) is 3.94. The Balaban J connectivity index is 1.77. The fourth-order valence-electron chi connectivity index (χ4n) is 2.83. The summed E-state index contributed by atoms with van der Waals surface area (Å²) in [5, 5.41) is 11.5. The first-order chi connectivity index (χ1) is 10.6. The van der Waals surface area contributed by atoms with Gasteiger partial charge in [-0.3, -0.25) is 10.1 Å². The van der Waals surface area contributed by atoms with Gasteiger partial charge >= 0.3 is 0 Å². The average molecular weight is 341 g/mol. The molecule has 6 nitrogen and oxygen atoms in total. The lowest BCUT2D eigenvalue weighted by Gasteiger charge is -2.35. The summed E-state index contributed by atoms with van der Waals surface area (Å²) in [6.45, 7) is 1.58. The van der Waals surface area contributed by atoms with E-state index in [1.165, 1.54) is 12.1 Å². The molecule has 1 aromatic heterocycles. The summed E-state index contributed by atoms with van der Waals surface area (Å²) in [5.74, 6) is 0. The quantitative estimate of drug-likeness (QED) is 0.627. The standard InChI is InChI=1S/C14H14Cl2N4O2/c15-12-7-11(20(21)22)8-13(16)14(12)18-4-1-10(2-5-18)19-6-3-17-9-19/h3,6-10H,1-2,4-5H2. The Hall–Kier alpha value is -1.79. The van der Waals surface area contributed by atoms with Gasteiger partial charge in [-0.15, -0.1) is 0 Å². The molecule has 22 heavy (non-hydrogen) atoms. The van der Waals surface area contributed by atoms with Crippen molar-refractivity contribution in [2.75, 3.05) is 18.0 Å². The van der Waals surface area contributed by atoms with Crippen LogP contribution in [-0.4, -0.2) is 27.6 Å². The van der Waals surface area contributed by atoms with E-state index in [2.05, 4.69) is 14.5 Å². The van der Waals surface area contributed by atoms with Crippen LogP contribution in [0.5, 0.6) is 0 Å². The first kappa shape index (κ1) is 15.1. The van der Waals surface area contributed by atoms with Crippen molar-refractivity contribution in [3.05, 3.63) is 51.0 Å². The molecule has 3 rings (SSSR count). The summed E-state index contributed by atoms with van der Waals surface area (Å²) in [5.41, 5.74) is 0.588. The van der Waals surface area contributed by atoms with E-state index in [0.29, 0.717) is 21.8 Å². The van der Waals surface area contributed by atoms with Gasteiger partial charge in [0.2, 0.25) is 0 Å². The van der Waals surface area contributed by atoms with E-state index in [0.717, 1.165) is 25.9 Å². The number of halogens is 2. The number of anilines is 1. The molecule has 1 aromatic carbocycles. The number of rotatable bonds is 3. The summed E-state index contributed by atoms with van der Waals surface area (Å²) in [7, 11) is 0. The number of aromatic nitrogens is 2. The second kappa shape index (κ2) is 6.14. The van der Waals surface area contributed by atoms with Gasteiger partial charge in [0.25, 0.3) is 5.69 Å². The first-order valence-electron chi connectivity index (χ1n) is 6.92. The lowest BCUT2D eigenvalue weighted by molar-refractivity contribution is -0.384. The molecule has 0 atom stereocenters. The Labute approximate surface area is 137 Å². The van der Waals surface area contributed by atoms with E-state index < -0.39 is 4.92 Å². The third kappa shape index (κ3) is 2.89. The highest BCUT2D eigenvalue weighted by atomic mass is 35.5. The highest BCUT2D eigenvalue weighted by Crippen LogP contribution is 2.39. The van der Waals surface area contributed by atoms with Crippen LogP contribution >= 0.6 is 23.2 Å². The number of hydrogen-bond acceptors (Lipinski definition) is 4. The SMILES string of the molecule is O=[N+]([O-])c1cc(Cl)c(N2CCC(n3ccnc3)CC2)c(Cl)c1. The summed E-state index contributed by atoms with van der Waals surface area (Å²) in [4.78, 5) is 16.5. The molecule has 0 radical (unpaired) electrons. The molecule has 2 aromatic rings. The zero-order chi connectivity index (χ0) is 15.7. The Bertz CT molecular complexity index is 659. The van der Waals surface area contributed by atoms with E-state index >= 15 is 0 Å². The van der Waals surface area contributed by atoms with Gasteiger partial charge in [0, 0.05) is 43.7 Å². The Morgan fingerprint density at radius 2 is 1.86 bits per heavy atom. The van der Waals surface area contributed by atoms with Crippen molar-refractivity contribution in [2.24, 2.45) is 0 Å². The van der Waals surface area contributed by atoms with Crippen molar-refractivity contribution in [1.29, 1.82) is 0 Å². The predicted octanol–water partition coefficient (Wildman–Crippen LogP) is 3.94. The van der Waals surface area contributed by atoms with Crippen molar-refractivity contribution in [2.45, 2.75) is 18.9 Å². The Kier molecular flexibility index (Phi) is 4.22. The predicted molar refractivity (Wildman–Crippen MR) is 85.8 cm³/mol. The van der Waals surface area contributed by atoms with Crippen molar-refractivity contribution in [1.82, 2.24) is 9.55 Å². The summed E-state index contributed by atoms with van der Waals surface area (Å²) in [6, 6.07) is 3.12. The van der Waals surface area contributed by atoms with Crippen molar-refractivity contribution >= 4 is 34.6 Å². The average Bonchev–Trinajstić information content (AvgIpc) is 3.01. The molecule has 2 heterocycles. The van der Waals surface area contributed by atoms with Crippen LogP contribution in [0.25, 0.3) is 0 Å². The van der Waals surface area contributed by atoms with E-state index in [4.69, 9.17) is 23.2 Å². The van der Waals surface area contributed by atoms with Crippen LogP contribution < -0.4 is 4.90 Å². The van der Waals surface area contributed by atoms with Crippen LogP contribution in [0.1, 0.15) is 18.9 Å². The lowest BCUT2D eigenvalue weighted by atomic mass is 10.0. The Morgan fingerprint density at radius 1 is 1.23 bits per heavy atom. The van der Waals surface area contributed by atoms with Gasteiger partial charge in [-0.2, -0.15) is 0 Å². The molecule has 0 bridgehead atoms. The molecule has 0 saturated carbocycles. The highest BCUT2D eigenvalue weighted by Gasteiger charge is 2.25. The van der Waals surface area contributed by atoms with Gasteiger partial charge in [0.15, 0.2) is 0 Å². The van der Waals surface area contributed by atoms with Crippen LogP contribution in [0.4, 0.5) is 11.4 Å². The molecule has 1 saturated heterocycles. The van der Waals surface area contributed by atoms with Gasteiger partial charge in [-0.1, -0.05) is 23.2 Å². The van der Waals surface area contributed by atoms with Crippen molar-refractivity contribution in [3.63, 3.8) is 0 Å². The number of non-ortho nitro benzene ring substituents is 1. The molecular weight excluding hydrogens is 327 g/mol. The van der Waals surface area contributed by atoms with Crippen molar-refractivity contribution < 1.29 is 4.92 Å². The van der Waals surface area contributed by atoms with E-state index in [1.807, 2.05) is 12.5 Å². The molecule has 0 unspecified atom stereocenters. The number of benzene rings is 1. The topological polar surface area (TPSA) is 64.2 Å². The molecule has 1 fully saturated rings. The van der Waals surface area contributed by atoms with E-state index in [9.17, 15) is 10.1 Å². The molecule has 0 spiro atoms. The maximum atomic E-state index is 10.8. The van der Waals surface area contributed by atoms with Crippen LogP contribution in [0.3, 0.4) is 0 Å². The van der Waals surface area contributed by atoms with Gasteiger partial charge < -0.3 is 9.47 Å². The van der Waals surface area contributed by atoms with Crippen LogP contribution in [0.15, 0.2) is 30.9 Å². The highest BCUT2D eigenvalue weighted by molar-refractivity contribution is 6.39. The number of nitrogens with zero attached hydrogens (tertiary/aromatic N) is 4. The first-order valence-corrected chi connectivity index (χ1v) is 7.67. The number of imidazole rings is 1. The number of nitro benzene ring substituents is 1. The number of nitro groups is 1. The van der Waals surface area contributed by atoms with E-state index in [1.54, 1.807) is 6.20 Å². The minimum absolute atomic E-state index is 0.0907. The molecule has 0 amide bonds. The van der Waals surface area contributed by atoms with Gasteiger partial charge in [-0.05, 0) is 12.8 Å². The minimum Gasteiger partial charge on any atom is -0.369 e. The zero-order valence-corrected chi connectivity index (χ0v) is 13.2. The smallest absolute Gasteiger partial charge is 0.272 e. The van der Waals surface area contributed by atoms with Gasteiger partial charge in [0.05, 0.1) is 27.0 Å². The van der Waals surface area contributed by atoms with Crippen LogP contribution in [0.2, 0.25) is 10.0 Å². The molecule has 1 aliphatic heterocycles. The molecule has 0 N–H and O–H groups in total. The minimum atomic E-state index is -0.493. The maximum absolute atomic E-state index is 10.8. The molecule has 1 aliphatic rings. The summed E-state index contributed by atoms with van der Waals surface area (Å²) < 4.78 is 2.11. The van der Waals surface area contributed by atoms with Crippen LogP contribution in [0, 0.1) is 10.1 Å². The van der Waals surface area contributed by atoms with Gasteiger partial charge in [0.1, 0.15) is 0 Å². The normalized spacial score (nSPS) is 16.0. The summed E-state index contributed by atoms with van der Waals surface area (Å²) in [6.07, 6.45) is 7.45. The largest absolute Gasteiger partial charge is 0.369 e. The lowest BCUT2D eigenvalue weighted by Crippen LogP contribution is -2.34. The van der Waals surface area contributed by atoms with Crippen molar-refractivity contribution in [3.8, 4) is 0 Å². The third-order valence-corrected chi connectivity index (χ3v) is 4.52. The van der Waals surface area contributed by atoms with Gasteiger partial charge in [-0.25, -0.2) is 4.98 Å². The second-order valence-corrected chi connectivity index (χ2v) is 6.06. The number of piperidine rings is 1. The second-order valence-electron chi connectivity index (χ2n) is 5.24. The fourth-order valence-corrected chi connectivity index (χ4v) is 3.55. The number of hydrogen-bond donors (Lipinski definition) is 0. The Morgan fingerprint density at radius 3 is 2.36 bits per heavy atom. The zero-order valence-electron chi connectivity index (χ0n) is 11.7. The fraction of sp³-hybridized carbons (Fsp3) is 0.357. The van der Waals surface area contributed by atoms with E-state index in [-0.39, 0.29) is 5.69 Å². The monoisotopic (exact) mass is 340 g/mol. The molecule has 0 aliphatic carbocycles. The van der Waals surface area contributed by atoms with Crippen LogP contribution in [-0.2, 0) is 0 Å².